The Morgan fingerprint density at radius 1 is 1.43 bits per heavy atom. The normalized spacial score (nSPS) is 14.6. The highest BCUT2D eigenvalue weighted by molar-refractivity contribution is 14.0. The maximum absolute atomic E-state index is 5.53. The summed E-state index contributed by atoms with van der Waals surface area (Å²) in [5.41, 5.74) is 0. The van der Waals surface area contributed by atoms with Crippen molar-refractivity contribution in [3.05, 3.63) is 24.2 Å². The Morgan fingerprint density at radius 2 is 2.29 bits per heavy atom. The Bertz CT molecular complexity index is 392. The van der Waals surface area contributed by atoms with Gasteiger partial charge in [-0.3, -0.25) is 4.99 Å². The highest BCUT2D eigenvalue weighted by Crippen LogP contribution is 2.28. The molecule has 0 saturated heterocycles. The van der Waals surface area contributed by atoms with Gasteiger partial charge in [0, 0.05) is 26.2 Å². The molecule has 0 atom stereocenters. The number of guanidine groups is 1. The molecule has 1 saturated carbocycles. The zero-order chi connectivity index (χ0) is 14.0. The zero-order valence-electron chi connectivity index (χ0n) is 12.6. The van der Waals surface area contributed by atoms with Crippen LogP contribution >= 0.6 is 24.0 Å². The van der Waals surface area contributed by atoms with Crippen molar-refractivity contribution in [2.45, 2.75) is 32.8 Å². The topological polar surface area (TPSA) is 58.8 Å². The maximum atomic E-state index is 5.53. The second-order valence-corrected chi connectivity index (χ2v) is 5.08. The van der Waals surface area contributed by atoms with E-state index in [1.807, 2.05) is 12.1 Å². The van der Waals surface area contributed by atoms with Gasteiger partial charge in [0.05, 0.1) is 6.26 Å². The van der Waals surface area contributed by atoms with E-state index in [-0.39, 0.29) is 24.0 Å². The van der Waals surface area contributed by atoms with E-state index >= 15 is 0 Å². The van der Waals surface area contributed by atoms with Gasteiger partial charge in [0.25, 0.3) is 0 Å². The van der Waals surface area contributed by atoms with Gasteiger partial charge in [-0.05, 0) is 44.2 Å². The SMILES string of the molecule is CCNC(=NCC1CC1)NCCCOCc1ccco1.I. The summed E-state index contributed by atoms with van der Waals surface area (Å²) in [5, 5.41) is 6.60. The van der Waals surface area contributed by atoms with Gasteiger partial charge in [-0.2, -0.15) is 0 Å². The van der Waals surface area contributed by atoms with Crippen LogP contribution in [-0.4, -0.2) is 32.2 Å². The van der Waals surface area contributed by atoms with Gasteiger partial charge in [-0.15, -0.1) is 24.0 Å². The summed E-state index contributed by atoms with van der Waals surface area (Å²) in [6, 6.07) is 3.80. The lowest BCUT2D eigenvalue weighted by Crippen LogP contribution is -2.38. The molecular formula is C15H26IN3O2. The van der Waals surface area contributed by atoms with Gasteiger partial charge < -0.3 is 19.8 Å². The first kappa shape index (κ1) is 18.3. The molecule has 1 fully saturated rings. The molecule has 0 radical (unpaired) electrons. The molecule has 0 spiro atoms. The first-order valence-corrected chi connectivity index (χ1v) is 7.50. The van der Waals surface area contributed by atoms with Crippen LogP contribution in [0.15, 0.2) is 27.8 Å². The zero-order valence-corrected chi connectivity index (χ0v) is 15.0. The second-order valence-electron chi connectivity index (χ2n) is 5.08. The third-order valence-corrected chi connectivity index (χ3v) is 3.13. The first-order chi connectivity index (χ1) is 9.88. The smallest absolute Gasteiger partial charge is 0.191 e. The molecule has 1 aromatic rings. The summed E-state index contributed by atoms with van der Waals surface area (Å²) in [7, 11) is 0. The van der Waals surface area contributed by atoms with Gasteiger partial charge in [0.2, 0.25) is 0 Å². The van der Waals surface area contributed by atoms with E-state index in [0.29, 0.717) is 6.61 Å². The highest BCUT2D eigenvalue weighted by atomic mass is 127. The van der Waals surface area contributed by atoms with Crippen LogP contribution in [0, 0.1) is 5.92 Å². The quantitative estimate of drug-likeness (QED) is 0.286. The number of hydrogen-bond donors (Lipinski definition) is 2. The lowest BCUT2D eigenvalue weighted by Gasteiger charge is -2.11. The van der Waals surface area contributed by atoms with Crippen molar-refractivity contribution < 1.29 is 9.15 Å². The molecule has 21 heavy (non-hydrogen) atoms. The number of nitrogens with zero attached hydrogens (tertiary/aromatic N) is 1. The second kappa shape index (κ2) is 10.9. The fraction of sp³-hybridized carbons (Fsp3) is 0.667. The van der Waals surface area contributed by atoms with Crippen LogP contribution in [0.4, 0.5) is 0 Å². The number of halogens is 1. The molecule has 1 aliphatic rings. The van der Waals surface area contributed by atoms with Crippen molar-refractivity contribution in [1.82, 2.24) is 10.6 Å². The third-order valence-electron chi connectivity index (χ3n) is 3.13. The van der Waals surface area contributed by atoms with Crippen LogP contribution in [0.1, 0.15) is 31.9 Å². The number of rotatable bonds is 9. The molecule has 6 heteroatoms. The molecule has 1 aromatic heterocycles. The number of nitrogens with one attached hydrogen (secondary N) is 2. The van der Waals surface area contributed by atoms with Crippen LogP contribution in [0.5, 0.6) is 0 Å². The van der Waals surface area contributed by atoms with Gasteiger partial charge in [-0.25, -0.2) is 0 Å². The third kappa shape index (κ3) is 8.31. The van der Waals surface area contributed by atoms with Crippen molar-refractivity contribution >= 4 is 29.9 Å². The minimum atomic E-state index is 0. The summed E-state index contributed by atoms with van der Waals surface area (Å²) in [4.78, 5) is 4.57. The molecule has 5 nitrogen and oxygen atoms in total. The van der Waals surface area contributed by atoms with E-state index in [1.165, 1.54) is 12.8 Å². The molecule has 0 amide bonds. The molecule has 0 bridgehead atoms. The Balaban J connectivity index is 0.00000220. The van der Waals surface area contributed by atoms with Gasteiger partial charge in [0.15, 0.2) is 5.96 Å². The summed E-state index contributed by atoms with van der Waals surface area (Å²) >= 11 is 0. The largest absolute Gasteiger partial charge is 0.467 e. The minimum absolute atomic E-state index is 0. The van der Waals surface area contributed by atoms with Crippen molar-refractivity contribution in [2.24, 2.45) is 10.9 Å². The lowest BCUT2D eigenvalue weighted by atomic mass is 10.4. The van der Waals surface area contributed by atoms with E-state index in [0.717, 1.165) is 50.3 Å². The highest BCUT2D eigenvalue weighted by Gasteiger charge is 2.20. The van der Waals surface area contributed by atoms with E-state index in [2.05, 4.69) is 22.5 Å². The van der Waals surface area contributed by atoms with Crippen molar-refractivity contribution in [3.63, 3.8) is 0 Å². The van der Waals surface area contributed by atoms with Crippen LogP contribution in [0.25, 0.3) is 0 Å². The fourth-order valence-corrected chi connectivity index (χ4v) is 1.81. The van der Waals surface area contributed by atoms with Gasteiger partial charge >= 0.3 is 0 Å². The number of furan rings is 1. The Kier molecular flexibility index (Phi) is 9.49. The van der Waals surface area contributed by atoms with Crippen molar-refractivity contribution in [3.8, 4) is 0 Å². The first-order valence-electron chi connectivity index (χ1n) is 7.50. The minimum Gasteiger partial charge on any atom is -0.467 e. The molecular weight excluding hydrogens is 381 g/mol. The predicted octanol–water partition coefficient (Wildman–Crippen LogP) is 2.77. The number of ether oxygens (including phenoxy) is 1. The molecule has 120 valence electrons. The van der Waals surface area contributed by atoms with E-state index in [4.69, 9.17) is 9.15 Å². The Hall–Kier alpha value is -0.760. The van der Waals surface area contributed by atoms with Gasteiger partial charge in [-0.1, -0.05) is 0 Å². The van der Waals surface area contributed by atoms with Crippen molar-refractivity contribution in [1.29, 1.82) is 0 Å². The average molecular weight is 407 g/mol. The summed E-state index contributed by atoms with van der Waals surface area (Å²) in [6.07, 6.45) is 5.29. The molecule has 1 aliphatic carbocycles. The van der Waals surface area contributed by atoms with Crippen molar-refractivity contribution in [2.75, 3.05) is 26.2 Å². The molecule has 0 unspecified atom stereocenters. The summed E-state index contributed by atoms with van der Waals surface area (Å²) in [5.74, 6) is 2.62. The van der Waals surface area contributed by atoms with Crippen LogP contribution < -0.4 is 10.6 Å². The molecule has 2 N–H and O–H groups in total. The fourth-order valence-electron chi connectivity index (χ4n) is 1.81. The lowest BCUT2D eigenvalue weighted by molar-refractivity contribution is 0.105. The average Bonchev–Trinajstić information content (AvgIpc) is 3.14. The predicted molar refractivity (Wildman–Crippen MR) is 95.1 cm³/mol. The standard InChI is InChI=1S/C15H25N3O2.HI/c1-2-16-15(18-11-13-6-7-13)17-8-4-9-19-12-14-5-3-10-20-14;/h3,5,10,13H,2,4,6-9,11-12H2,1H3,(H2,16,17,18);1H. The molecule has 0 aromatic carbocycles. The van der Waals surface area contributed by atoms with E-state index in [9.17, 15) is 0 Å². The van der Waals surface area contributed by atoms with E-state index < -0.39 is 0 Å². The van der Waals surface area contributed by atoms with Crippen LogP contribution in [0.3, 0.4) is 0 Å². The summed E-state index contributed by atoms with van der Waals surface area (Å²) in [6.45, 7) is 6.06. The van der Waals surface area contributed by atoms with Crippen LogP contribution in [-0.2, 0) is 11.3 Å². The van der Waals surface area contributed by atoms with E-state index in [1.54, 1.807) is 6.26 Å². The Labute approximate surface area is 143 Å². The van der Waals surface area contributed by atoms with Gasteiger partial charge in [0.1, 0.15) is 12.4 Å². The molecule has 1 heterocycles. The monoisotopic (exact) mass is 407 g/mol. The molecule has 2 rings (SSSR count). The number of hydrogen-bond acceptors (Lipinski definition) is 3. The molecule has 0 aliphatic heterocycles. The maximum Gasteiger partial charge on any atom is 0.191 e. The summed E-state index contributed by atoms with van der Waals surface area (Å²) < 4.78 is 10.7. The number of aliphatic imine (C=N–C) groups is 1. The van der Waals surface area contributed by atoms with Crippen LogP contribution in [0.2, 0.25) is 0 Å². The Morgan fingerprint density at radius 3 is 2.95 bits per heavy atom.